The molecule has 0 aliphatic rings. The molecule has 1 aromatic heterocycles. The summed E-state index contributed by atoms with van der Waals surface area (Å²) in [5, 5.41) is 3.76. The smallest absolute Gasteiger partial charge is 0.168 e. The van der Waals surface area contributed by atoms with E-state index in [1.54, 1.807) is 12.4 Å². The molecule has 1 rings (SSSR count). The van der Waals surface area contributed by atoms with E-state index in [1.807, 2.05) is 19.2 Å². The van der Waals surface area contributed by atoms with Crippen molar-refractivity contribution >= 4 is 17.3 Å². The van der Waals surface area contributed by atoms with Gasteiger partial charge in [0.1, 0.15) is 0 Å². The molecule has 0 aromatic carbocycles. The molecule has 0 radical (unpaired) electrons. The van der Waals surface area contributed by atoms with Crippen molar-refractivity contribution in [3.8, 4) is 0 Å². The van der Waals surface area contributed by atoms with Gasteiger partial charge >= 0.3 is 0 Å². The molecule has 76 valence electrons. The third-order valence-electron chi connectivity index (χ3n) is 2.01. The zero-order valence-electron chi connectivity index (χ0n) is 8.53. The highest BCUT2D eigenvalue weighted by atomic mass is 32.1. The fraction of sp³-hybridized carbons (Fsp3) is 0.400. The second-order valence-corrected chi connectivity index (χ2v) is 3.31. The summed E-state index contributed by atoms with van der Waals surface area (Å²) >= 11 is 5.17. The second kappa shape index (κ2) is 5.54. The quantitative estimate of drug-likeness (QED) is 0.762. The molecular formula is C10H15N3S. The standard InChI is InChI=1S/C10H15N3S/c1-3-13(10(14)11-2)8-9-4-6-12-7-5-9/h4-7H,3,8H2,1-2H3,(H,11,14). The van der Waals surface area contributed by atoms with Crippen molar-refractivity contribution < 1.29 is 0 Å². The molecule has 1 aromatic rings. The molecule has 0 bridgehead atoms. The van der Waals surface area contributed by atoms with Gasteiger partial charge in [-0.25, -0.2) is 0 Å². The molecule has 14 heavy (non-hydrogen) atoms. The van der Waals surface area contributed by atoms with E-state index >= 15 is 0 Å². The predicted molar refractivity (Wildman–Crippen MR) is 62.0 cm³/mol. The highest BCUT2D eigenvalue weighted by Crippen LogP contribution is 2.02. The average molecular weight is 209 g/mol. The molecule has 1 heterocycles. The predicted octanol–water partition coefficient (Wildman–Crippen LogP) is 1.41. The minimum Gasteiger partial charge on any atom is -0.366 e. The van der Waals surface area contributed by atoms with E-state index < -0.39 is 0 Å². The maximum absolute atomic E-state index is 5.17. The van der Waals surface area contributed by atoms with Gasteiger partial charge in [0.15, 0.2) is 5.11 Å². The number of thiocarbonyl (C=S) groups is 1. The number of pyridine rings is 1. The summed E-state index contributed by atoms with van der Waals surface area (Å²) in [5.41, 5.74) is 1.22. The fourth-order valence-corrected chi connectivity index (χ4v) is 1.39. The van der Waals surface area contributed by atoms with Gasteiger partial charge in [-0.15, -0.1) is 0 Å². The first-order valence-corrected chi connectivity index (χ1v) is 5.04. The van der Waals surface area contributed by atoms with Gasteiger partial charge in [-0.2, -0.15) is 0 Å². The van der Waals surface area contributed by atoms with Crippen molar-refractivity contribution in [2.45, 2.75) is 13.5 Å². The van der Waals surface area contributed by atoms with Gasteiger partial charge in [0.25, 0.3) is 0 Å². The minimum absolute atomic E-state index is 0.782. The molecule has 1 N–H and O–H groups in total. The van der Waals surface area contributed by atoms with Gasteiger partial charge in [0.2, 0.25) is 0 Å². The van der Waals surface area contributed by atoms with Crippen LogP contribution in [0.15, 0.2) is 24.5 Å². The summed E-state index contributed by atoms with van der Waals surface area (Å²) in [7, 11) is 1.84. The Labute approximate surface area is 90.1 Å². The second-order valence-electron chi connectivity index (χ2n) is 2.92. The van der Waals surface area contributed by atoms with Gasteiger partial charge in [0.05, 0.1) is 0 Å². The zero-order valence-corrected chi connectivity index (χ0v) is 9.34. The van der Waals surface area contributed by atoms with E-state index in [-0.39, 0.29) is 0 Å². The molecule has 0 amide bonds. The van der Waals surface area contributed by atoms with Crippen molar-refractivity contribution in [3.63, 3.8) is 0 Å². The molecule has 0 saturated carbocycles. The van der Waals surface area contributed by atoms with Crippen LogP contribution in [0.1, 0.15) is 12.5 Å². The summed E-state index contributed by atoms with van der Waals surface area (Å²) in [6.45, 7) is 3.82. The maximum Gasteiger partial charge on any atom is 0.168 e. The average Bonchev–Trinajstić information content (AvgIpc) is 2.26. The topological polar surface area (TPSA) is 28.2 Å². The Kier molecular flexibility index (Phi) is 4.32. The lowest BCUT2D eigenvalue weighted by atomic mass is 10.2. The van der Waals surface area contributed by atoms with Crippen molar-refractivity contribution in [1.29, 1.82) is 0 Å². The van der Waals surface area contributed by atoms with Crippen LogP contribution in [0.5, 0.6) is 0 Å². The first kappa shape index (κ1) is 10.9. The van der Waals surface area contributed by atoms with Crippen molar-refractivity contribution in [1.82, 2.24) is 15.2 Å². The van der Waals surface area contributed by atoms with Crippen LogP contribution in [0.3, 0.4) is 0 Å². The van der Waals surface area contributed by atoms with Crippen LogP contribution in [-0.4, -0.2) is 28.6 Å². The van der Waals surface area contributed by atoms with Gasteiger partial charge in [0, 0.05) is 32.5 Å². The third-order valence-corrected chi connectivity index (χ3v) is 2.47. The number of aromatic nitrogens is 1. The van der Waals surface area contributed by atoms with Gasteiger partial charge in [-0.3, -0.25) is 4.98 Å². The number of rotatable bonds is 3. The summed E-state index contributed by atoms with van der Waals surface area (Å²) in [4.78, 5) is 6.08. The molecule has 0 aliphatic carbocycles. The molecule has 0 fully saturated rings. The molecule has 0 saturated heterocycles. The van der Waals surface area contributed by atoms with Crippen molar-refractivity contribution in [3.05, 3.63) is 30.1 Å². The first-order valence-electron chi connectivity index (χ1n) is 4.63. The van der Waals surface area contributed by atoms with E-state index in [2.05, 4.69) is 22.1 Å². The number of nitrogens with one attached hydrogen (secondary N) is 1. The molecule has 0 atom stereocenters. The largest absolute Gasteiger partial charge is 0.366 e. The number of nitrogens with zero attached hydrogens (tertiary/aromatic N) is 2. The number of hydrogen-bond acceptors (Lipinski definition) is 2. The van der Waals surface area contributed by atoms with Crippen LogP contribution < -0.4 is 5.32 Å². The summed E-state index contributed by atoms with van der Waals surface area (Å²) < 4.78 is 0. The van der Waals surface area contributed by atoms with Gasteiger partial charge in [-0.05, 0) is 36.8 Å². The number of hydrogen-bond donors (Lipinski definition) is 1. The van der Waals surface area contributed by atoms with Crippen LogP contribution in [0, 0.1) is 0 Å². The van der Waals surface area contributed by atoms with E-state index in [9.17, 15) is 0 Å². The minimum atomic E-state index is 0.782. The van der Waals surface area contributed by atoms with Crippen LogP contribution in [-0.2, 0) is 6.54 Å². The highest BCUT2D eigenvalue weighted by Gasteiger charge is 2.05. The monoisotopic (exact) mass is 209 g/mol. The Hall–Kier alpha value is -1.16. The highest BCUT2D eigenvalue weighted by molar-refractivity contribution is 7.80. The van der Waals surface area contributed by atoms with Gasteiger partial charge < -0.3 is 10.2 Å². The van der Waals surface area contributed by atoms with E-state index in [1.165, 1.54) is 5.56 Å². The van der Waals surface area contributed by atoms with Crippen LogP contribution in [0.2, 0.25) is 0 Å². The molecular weight excluding hydrogens is 194 g/mol. The van der Waals surface area contributed by atoms with Crippen molar-refractivity contribution in [2.75, 3.05) is 13.6 Å². The van der Waals surface area contributed by atoms with Crippen LogP contribution in [0.4, 0.5) is 0 Å². The molecule has 0 spiro atoms. The Morgan fingerprint density at radius 2 is 2.14 bits per heavy atom. The third kappa shape index (κ3) is 2.96. The fourth-order valence-electron chi connectivity index (χ4n) is 1.19. The van der Waals surface area contributed by atoms with Crippen LogP contribution >= 0.6 is 12.2 Å². The Bertz CT molecular complexity index is 287. The summed E-state index contributed by atoms with van der Waals surface area (Å²) in [6, 6.07) is 4.00. The SMILES string of the molecule is CCN(Cc1ccncc1)C(=S)NC. The lowest BCUT2D eigenvalue weighted by Gasteiger charge is -2.22. The molecule has 3 nitrogen and oxygen atoms in total. The molecule has 0 unspecified atom stereocenters. The first-order chi connectivity index (χ1) is 6.77. The lowest BCUT2D eigenvalue weighted by Crippen LogP contribution is -2.37. The Morgan fingerprint density at radius 3 is 2.64 bits per heavy atom. The Morgan fingerprint density at radius 1 is 1.50 bits per heavy atom. The maximum atomic E-state index is 5.17. The van der Waals surface area contributed by atoms with E-state index in [0.717, 1.165) is 18.2 Å². The normalized spacial score (nSPS) is 9.57. The lowest BCUT2D eigenvalue weighted by molar-refractivity contribution is 0.431. The molecule has 0 aliphatic heterocycles. The van der Waals surface area contributed by atoms with Crippen molar-refractivity contribution in [2.24, 2.45) is 0 Å². The summed E-state index contributed by atoms with van der Waals surface area (Å²) in [6.07, 6.45) is 3.59. The molecule has 4 heteroatoms. The van der Waals surface area contributed by atoms with Crippen LogP contribution in [0.25, 0.3) is 0 Å². The zero-order chi connectivity index (χ0) is 10.4. The van der Waals surface area contributed by atoms with E-state index in [0.29, 0.717) is 0 Å². The Balaban J connectivity index is 2.62. The van der Waals surface area contributed by atoms with E-state index in [4.69, 9.17) is 12.2 Å². The summed E-state index contributed by atoms with van der Waals surface area (Å²) in [5.74, 6) is 0. The van der Waals surface area contributed by atoms with Gasteiger partial charge in [-0.1, -0.05) is 0 Å².